The molecule has 4 nitrogen and oxygen atoms in total. The molecule has 4 N–H and O–H groups in total. The van der Waals surface area contributed by atoms with E-state index in [1.165, 1.54) is 5.56 Å². The van der Waals surface area contributed by atoms with E-state index in [1.54, 1.807) is 12.1 Å². The molecule has 16 heavy (non-hydrogen) atoms. The number of carboxylic acids is 1. The summed E-state index contributed by atoms with van der Waals surface area (Å²) in [7, 11) is 0. The van der Waals surface area contributed by atoms with Crippen molar-refractivity contribution in [1.29, 1.82) is 0 Å². The van der Waals surface area contributed by atoms with E-state index in [1.807, 2.05) is 13.0 Å². The van der Waals surface area contributed by atoms with Crippen LogP contribution in [0.15, 0.2) is 18.2 Å². The molecule has 0 saturated carbocycles. The minimum atomic E-state index is -0.908. The second-order valence-corrected chi connectivity index (χ2v) is 3.83. The highest BCUT2D eigenvalue weighted by atomic mass is 16.4. The molecule has 0 amide bonds. The summed E-state index contributed by atoms with van der Waals surface area (Å²) in [5.41, 5.74) is 8.94. The molecule has 0 radical (unpaired) electrons. The molecule has 0 spiro atoms. The summed E-state index contributed by atoms with van der Waals surface area (Å²) < 4.78 is 0. The van der Waals surface area contributed by atoms with E-state index in [-0.39, 0.29) is 0 Å². The number of nitrogens with two attached hydrogens (primary N) is 1. The average Bonchev–Trinajstić information content (AvgIpc) is 2.55. The van der Waals surface area contributed by atoms with Gasteiger partial charge in [0, 0.05) is 16.6 Å². The first kappa shape index (κ1) is 10.7. The minimum absolute atomic E-state index is 0.299. The van der Waals surface area contributed by atoms with Gasteiger partial charge in [0.2, 0.25) is 0 Å². The number of aryl methyl sites for hydroxylation is 1. The summed E-state index contributed by atoms with van der Waals surface area (Å²) >= 11 is 0. The van der Waals surface area contributed by atoms with Crippen molar-refractivity contribution in [2.24, 2.45) is 5.73 Å². The summed E-state index contributed by atoms with van der Waals surface area (Å²) in [6, 6.07) is 5.12. The first-order chi connectivity index (χ1) is 7.63. The first-order valence-corrected chi connectivity index (χ1v) is 5.18. The Morgan fingerprint density at radius 1 is 1.50 bits per heavy atom. The highest BCUT2D eigenvalue weighted by Crippen LogP contribution is 2.23. The monoisotopic (exact) mass is 218 g/mol. The number of fused-ring (bicyclic) bond motifs is 1. The van der Waals surface area contributed by atoms with Gasteiger partial charge in [0.25, 0.3) is 0 Å². The lowest BCUT2D eigenvalue weighted by atomic mass is 10.1. The number of hydrogen-bond acceptors (Lipinski definition) is 2. The van der Waals surface area contributed by atoms with Gasteiger partial charge < -0.3 is 15.8 Å². The van der Waals surface area contributed by atoms with Crippen molar-refractivity contribution in [2.45, 2.75) is 13.3 Å². The molecule has 2 aromatic rings. The Morgan fingerprint density at radius 3 is 2.88 bits per heavy atom. The van der Waals surface area contributed by atoms with E-state index in [0.717, 1.165) is 23.0 Å². The van der Waals surface area contributed by atoms with Crippen molar-refractivity contribution in [2.75, 3.05) is 6.54 Å². The van der Waals surface area contributed by atoms with Gasteiger partial charge >= 0.3 is 5.97 Å². The molecule has 0 aliphatic heterocycles. The molecule has 0 fully saturated rings. The van der Waals surface area contributed by atoms with Crippen LogP contribution in [0.1, 0.15) is 21.6 Å². The Kier molecular flexibility index (Phi) is 2.66. The molecule has 0 aliphatic rings. The third kappa shape index (κ3) is 1.67. The third-order valence-electron chi connectivity index (χ3n) is 2.76. The molecular formula is C12H14N2O2. The Labute approximate surface area is 93.1 Å². The minimum Gasteiger partial charge on any atom is -0.478 e. The molecule has 0 atom stereocenters. The molecule has 0 aliphatic carbocycles. The number of aromatic amines is 1. The van der Waals surface area contributed by atoms with Crippen LogP contribution in [-0.2, 0) is 6.42 Å². The Morgan fingerprint density at radius 2 is 2.25 bits per heavy atom. The summed E-state index contributed by atoms with van der Waals surface area (Å²) in [4.78, 5) is 14.0. The van der Waals surface area contributed by atoms with Gasteiger partial charge in [0.1, 0.15) is 0 Å². The van der Waals surface area contributed by atoms with Crippen LogP contribution < -0.4 is 5.73 Å². The first-order valence-electron chi connectivity index (χ1n) is 5.18. The van der Waals surface area contributed by atoms with E-state index < -0.39 is 5.97 Å². The largest absolute Gasteiger partial charge is 0.478 e. The maximum Gasteiger partial charge on any atom is 0.335 e. The van der Waals surface area contributed by atoms with Gasteiger partial charge in [0.15, 0.2) is 0 Å². The zero-order valence-corrected chi connectivity index (χ0v) is 9.08. The number of nitrogens with one attached hydrogen (secondary N) is 1. The number of carbonyl (C=O) groups is 1. The topological polar surface area (TPSA) is 79.1 Å². The fourth-order valence-electron chi connectivity index (χ4n) is 1.99. The highest BCUT2D eigenvalue weighted by molar-refractivity contribution is 5.94. The van der Waals surface area contributed by atoms with Gasteiger partial charge in [0.05, 0.1) is 5.56 Å². The molecule has 0 saturated heterocycles. The van der Waals surface area contributed by atoms with Crippen molar-refractivity contribution in [3.8, 4) is 0 Å². The van der Waals surface area contributed by atoms with E-state index >= 15 is 0 Å². The predicted octanol–water partition coefficient (Wildman–Crippen LogP) is 1.68. The van der Waals surface area contributed by atoms with Crippen molar-refractivity contribution < 1.29 is 9.90 Å². The van der Waals surface area contributed by atoms with Crippen LogP contribution in [0.5, 0.6) is 0 Å². The second kappa shape index (κ2) is 3.98. The van der Waals surface area contributed by atoms with Crippen LogP contribution >= 0.6 is 0 Å². The number of aromatic carboxylic acids is 1. The maximum absolute atomic E-state index is 10.8. The molecule has 1 aromatic carbocycles. The summed E-state index contributed by atoms with van der Waals surface area (Å²) in [6.07, 6.45) is 0.804. The van der Waals surface area contributed by atoms with Crippen LogP contribution in [0.25, 0.3) is 10.9 Å². The molecule has 1 aromatic heterocycles. The molecule has 1 heterocycles. The normalized spacial score (nSPS) is 10.9. The standard InChI is InChI=1S/C12H14N2O2/c1-7-9(4-5-13)10-3-2-8(12(15)16)6-11(10)14-7/h2-3,6,14H,4-5,13H2,1H3,(H,15,16). The molecule has 0 unspecified atom stereocenters. The fraction of sp³-hybridized carbons (Fsp3) is 0.250. The summed E-state index contributed by atoms with van der Waals surface area (Å²) in [6.45, 7) is 2.57. The molecule has 84 valence electrons. The van der Waals surface area contributed by atoms with Crippen molar-refractivity contribution in [3.05, 3.63) is 35.0 Å². The molecule has 4 heteroatoms. The quantitative estimate of drug-likeness (QED) is 0.733. The van der Waals surface area contributed by atoms with E-state index in [9.17, 15) is 4.79 Å². The number of aromatic nitrogens is 1. The highest BCUT2D eigenvalue weighted by Gasteiger charge is 2.10. The zero-order chi connectivity index (χ0) is 11.7. The Bertz CT molecular complexity index is 543. The van der Waals surface area contributed by atoms with Gasteiger partial charge in [-0.25, -0.2) is 4.79 Å². The van der Waals surface area contributed by atoms with Gasteiger partial charge in [-0.2, -0.15) is 0 Å². The molecular weight excluding hydrogens is 204 g/mol. The molecule has 2 rings (SSSR count). The summed E-state index contributed by atoms with van der Waals surface area (Å²) in [5.74, 6) is -0.908. The van der Waals surface area contributed by atoms with Crippen LogP contribution in [-0.4, -0.2) is 22.6 Å². The fourth-order valence-corrected chi connectivity index (χ4v) is 1.99. The lowest BCUT2D eigenvalue weighted by molar-refractivity contribution is 0.0697. The Balaban J connectivity index is 2.60. The lowest BCUT2D eigenvalue weighted by Crippen LogP contribution is -2.03. The second-order valence-electron chi connectivity index (χ2n) is 3.83. The van der Waals surface area contributed by atoms with Gasteiger partial charge in [-0.05, 0) is 37.6 Å². The van der Waals surface area contributed by atoms with Crippen molar-refractivity contribution in [3.63, 3.8) is 0 Å². The van der Waals surface area contributed by atoms with Gasteiger partial charge in [-0.1, -0.05) is 6.07 Å². The lowest BCUT2D eigenvalue weighted by Gasteiger charge is -1.98. The van der Waals surface area contributed by atoms with Crippen LogP contribution in [0, 0.1) is 6.92 Å². The predicted molar refractivity (Wildman–Crippen MR) is 62.8 cm³/mol. The van der Waals surface area contributed by atoms with Crippen LogP contribution in [0.3, 0.4) is 0 Å². The van der Waals surface area contributed by atoms with E-state index in [4.69, 9.17) is 10.8 Å². The van der Waals surface area contributed by atoms with Crippen LogP contribution in [0.4, 0.5) is 0 Å². The number of carboxylic acid groups (broad SMARTS) is 1. The van der Waals surface area contributed by atoms with Crippen molar-refractivity contribution >= 4 is 16.9 Å². The summed E-state index contributed by atoms with van der Waals surface area (Å²) in [5, 5.41) is 9.95. The SMILES string of the molecule is Cc1[nH]c2cc(C(=O)O)ccc2c1CCN. The zero-order valence-electron chi connectivity index (χ0n) is 9.08. The number of benzene rings is 1. The van der Waals surface area contributed by atoms with E-state index in [0.29, 0.717) is 12.1 Å². The Hall–Kier alpha value is -1.81. The van der Waals surface area contributed by atoms with Gasteiger partial charge in [-0.15, -0.1) is 0 Å². The van der Waals surface area contributed by atoms with Crippen molar-refractivity contribution in [1.82, 2.24) is 4.98 Å². The number of rotatable bonds is 3. The van der Waals surface area contributed by atoms with E-state index in [2.05, 4.69) is 4.98 Å². The number of H-pyrrole nitrogens is 1. The van der Waals surface area contributed by atoms with Crippen LogP contribution in [0.2, 0.25) is 0 Å². The maximum atomic E-state index is 10.8. The third-order valence-corrected chi connectivity index (χ3v) is 2.76. The van der Waals surface area contributed by atoms with Gasteiger partial charge in [-0.3, -0.25) is 0 Å². The average molecular weight is 218 g/mol. The number of hydrogen-bond donors (Lipinski definition) is 3. The smallest absolute Gasteiger partial charge is 0.335 e. The molecule has 0 bridgehead atoms.